The summed E-state index contributed by atoms with van der Waals surface area (Å²) < 4.78 is 65.9. The van der Waals surface area contributed by atoms with Crippen LogP contribution in [-0.4, -0.2) is 83.3 Å². The fraction of sp³-hybridized carbons (Fsp3) is 0.467. The minimum Gasteiger partial charge on any atom is -0.372 e. The van der Waals surface area contributed by atoms with Crippen LogP contribution in [0.25, 0.3) is 11.3 Å². The predicted molar refractivity (Wildman–Crippen MR) is 158 cm³/mol. The van der Waals surface area contributed by atoms with E-state index >= 15 is 8.78 Å². The van der Waals surface area contributed by atoms with E-state index in [1.807, 2.05) is 39.6 Å². The predicted octanol–water partition coefficient (Wildman–Crippen LogP) is 4.44. The standard InChI is InChI=1S/C30H35F4N7O3/c1-15-11-40(12-16(2)39(15)5)23-9-21(31)25(22-6-7-35-30(37-22)41-13-17(3)44-18(4)14-41)26(32)27(23)38-29(43)20-10-36-24(42)8-19(20)28(33)34/h6-10,15-18,28H,11-14H2,1-5H3,(H,36,42)(H,38,43). The molecule has 0 bridgehead atoms. The Kier molecular flexibility index (Phi) is 8.93. The van der Waals surface area contributed by atoms with Gasteiger partial charge in [-0.3, -0.25) is 14.5 Å². The molecular formula is C30H35F4N7O3. The van der Waals surface area contributed by atoms with E-state index in [1.54, 1.807) is 4.90 Å². The van der Waals surface area contributed by atoms with E-state index in [2.05, 4.69) is 25.2 Å². The van der Waals surface area contributed by atoms with Crippen molar-refractivity contribution in [3.63, 3.8) is 0 Å². The molecule has 1 amide bonds. The van der Waals surface area contributed by atoms with Gasteiger partial charge in [-0.15, -0.1) is 0 Å². The number of nitrogens with zero attached hydrogens (tertiary/aromatic N) is 5. The number of nitrogens with one attached hydrogen (secondary N) is 2. The Bertz CT molecular complexity index is 1580. The number of alkyl halides is 2. The molecule has 2 aliphatic rings. The number of benzene rings is 1. The fourth-order valence-electron chi connectivity index (χ4n) is 5.84. The van der Waals surface area contributed by atoms with Crippen LogP contribution in [0.3, 0.4) is 0 Å². The lowest BCUT2D eigenvalue weighted by Gasteiger charge is -2.44. The van der Waals surface area contributed by atoms with Crippen molar-refractivity contribution in [1.29, 1.82) is 0 Å². The largest absolute Gasteiger partial charge is 0.372 e. The lowest BCUT2D eigenvalue weighted by molar-refractivity contribution is -0.00572. The molecule has 0 spiro atoms. The summed E-state index contributed by atoms with van der Waals surface area (Å²) in [5.41, 5.74) is -3.09. The van der Waals surface area contributed by atoms with Crippen LogP contribution in [0, 0.1) is 11.6 Å². The Morgan fingerprint density at radius 3 is 2.34 bits per heavy atom. The number of piperazine rings is 1. The number of morpholine rings is 1. The molecule has 4 atom stereocenters. The number of hydrogen-bond acceptors (Lipinski definition) is 8. The van der Waals surface area contributed by atoms with Crippen LogP contribution >= 0.6 is 0 Å². The highest BCUT2D eigenvalue weighted by Gasteiger charge is 2.33. The van der Waals surface area contributed by atoms with E-state index in [0.29, 0.717) is 32.2 Å². The molecule has 0 radical (unpaired) electrons. The van der Waals surface area contributed by atoms with Crippen LogP contribution in [0.1, 0.15) is 50.0 Å². The third kappa shape index (κ3) is 6.27. The van der Waals surface area contributed by atoms with Crippen molar-refractivity contribution in [1.82, 2.24) is 19.9 Å². The monoisotopic (exact) mass is 617 g/mol. The SMILES string of the molecule is CC1CN(c2nccc(-c3c(F)cc(N4CC(C)N(C)C(C)C4)c(NC(=O)c4c[nH]c(=O)cc4C(F)F)c3F)n2)CC(C)O1. The Labute approximate surface area is 252 Å². The summed E-state index contributed by atoms with van der Waals surface area (Å²) in [7, 11) is 1.95. The molecule has 3 aromatic rings. The van der Waals surface area contributed by atoms with Crippen molar-refractivity contribution in [3.8, 4) is 11.3 Å². The zero-order valence-electron chi connectivity index (χ0n) is 25.1. The first kappa shape index (κ1) is 31.4. The van der Waals surface area contributed by atoms with Gasteiger partial charge in [-0.1, -0.05) is 0 Å². The van der Waals surface area contributed by atoms with E-state index in [9.17, 15) is 18.4 Å². The van der Waals surface area contributed by atoms with Crippen molar-refractivity contribution in [3.05, 3.63) is 63.7 Å². The number of H-pyrrole nitrogens is 1. The third-order valence-corrected chi connectivity index (χ3v) is 8.17. The number of likely N-dealkylation sites (N-methyl/N-ethyl adjacent to an activating group) is 1. The minimum absolute atomic E-state index is 0.000429. The number of pyridine rings is 1. The van der Waals surface area contributed by atoms with E-state index in [0.717, 1.165) is 12.3 Å². The van der Waals surface area contributed by atoms with Crippen molar-refractivity contribution in [2.24, 2.45) is 0 Å². The highest BCUT2D eigenvalue weighted by molar-refractivity contribution is 6.07. The molecule has 5 rings (SSSR count). The van der Waals surface area contributed by atoms with Gasteiger partial charge >= 0.3 is 0 Å². The van der Waals surface area contributed by atoms with Gasteiger partial charge in [-0.25, -0.2) is 27.5 Å². The summed E-state index contributed by atoms with van der Waals surface area (Å²) in [5, 5.41) is 2.41. The number of carbonyl (C=O) groups is 1. The molecule has 2 N–H and O–H groups in total. The molecule has 236 valence electrons. The van der Waals surface area contributed by atoms with E-state index < -0.39 is 51.9 Å². The van der Waals surface area contributed by atoms with Gasteiger partial charge in [-0.2, -0.15) is 0 Å². The van der Waals surface area contributed by atoms with E-state index in [-0.39, 0.29) is 41.6 Å². The lowest BCUT2D eigenvalue weighted by Crippen LogP contribution is -2.55. The van der Waals surface area contributed by atoms with Crippen molar-refractivity contribution >= 4 is 23.2 Å². The minimum atomic E-state index is -3.14. The maximum Gasteiger partial charge on any atom is 0.264 e. The summed E-state index contributed by atoms with van der Waals surface area (Å²) in [4.78, 5) is 41.8. The highest BCUT2D eigenvalue weighted by atomic mass is 19.3. The summed E-state index contributed by atoms with van der Waals surface area (Å²) in [6.07, 6.45) is -1.12. The Hall–Kier alpha value is -4.04. The summed E-state index contributed by atoms with van der Waals surface area (Å²) in [6.45, 7) is 9.46. The number of anilines is 3. The number of aromatic amines is 1. The average molecular weight is 618 g/mol. The third-order valence-electron chi connectivity index (χ3n) is 8.17. The first-order chi connectivity index (χ1) is 20.8. The van der Waals surface area contributed by atoms with Gasteiger partial charge in [0.05, 0.1) is 34.7 Å². The molecule has 44 heavy (non-hydrogen) atoms. The van der Waals surface area contributed by atoms with Crippen LogP contribution in [0.5, 0.6) is 0 Å². The zero-order chi connectivity index (χ0) is 31.9. The summed E-state index contributed by atoms with van der Waals surface area (Å²) in [6, 6.07) is 3.11. The molecule has 2 aliphatic heterocycles. The second kappa shape index (κ2) is 12.5. The molecule has 0 aliphatic carbocycles. The molecule has 14 heteroatoms. The van der Waals surface area contributed by atoms with Crippen LogP contribution in [0.2, 0.25) is 0 Å². The highest BCUT2D eigenvalue weighted by Crippen LogP contribution is 2.39. The van der Waals surface area contributed by atoms with Gasteiger partial charge in [0.25, 0.3) is 12.3 Å². The zero-order valence-corrected chi connectivity index (χ0v) is 25.1. The van der Waals surface area contributed by atoms with Gasteiger partial charge in [-0.05, 0) is 40.8 Å². The molecule has 2 aromatic heterocycles. The quantitative estimate of drug-likeness (QED) is 0.391. The number of hydrogen-bond donors (Lipinski definition) is 2. The second-order valence-electron chi connectivity index (χ2n) is 11.5. The Balaban J connectivity index is 1.61. The topological polar surface area (TPSA) is 107 Å². The van der Waals surface area contributed by atoms with Crippen molar-refractivity contribution in [2.75, 3.05) is 48.3 Å². The molecule has 2 fully saturated rings. The first-order valence-corrected chi connectivity index (χ1v) is 14.4. The van der Waals surface area contributed by atoms with Crippen LogP contribution in [-0.2, 0) is 4.74 Å². The van der Waals surface area contributed by atoms with Gasteiger partial charge < -0.3 is 24.8 Å². The molecule has 4 unspecified atom stereocenters. The van der Waals surface area contributed by atoms with E-state index in [4.69, 9.17) is 4.74 Å². The second-order valence-corrected chi connectivity index (χ2v) is 11.5. The fourth-order valence-corrected chi connectivity index (χ4v) is 5.84. The molecule has 10 nitrogen and oxygen atoms in total. The first-order valence-electron chi connectivity index (χ1n) is 14.4. The molecule has 0 saturated carbocycles. The van der Waals surface area contributed by atoms with E-state index in [1.165, 1.54) is 12.3 Å². The maximum absolute atomic E-state index is 16.6. The smallest absolute Gasteiger partial charge is 0.264 e. The number of amides is 1. The molecule has 4 heterocycles. The van der Waals surface area contributed by atoms with Crippen LogP contribution < -0.4 is 20.7 Å². The summed E-state index contributed by atoms with van der Waals surface area (Å²) in [5.74, 6) is -2.87. The Morgan fingerprint density at radius 1 is 1.05 bits per heavy atom. The van der Waals surface area contributed by atoms with Gasteiger partial charge in [0, 0.05) is 68.4 Å². The normalized spacial score (nSPS) is 22.9. The van der Waals surface area contributed by atoms with Crippen LogP contribution in [0.4, 0.5) is 34.9 Å². The van der Waals surface area contributed by atoms with Crippen LogP contribution in [0.15, 0.2) is 35.4 Å². The van der Waals surface area contributed by atoms with Gasteiger partial charge in [0.15, 0.2) is 5.82 Å². The molecular weight excluding hydrogens is 582 g/mol. The molecule has 1 aromatic carbocycles. The van der Waals surface area contributed by atoms with Gasteiger partial charge in [0.2, 0.25) is 11.5 Å². The average Bonchev–Trinajstić information content (AvgIpc) is 2.96. The number of aromatic nitrogens is 3. The maximum atomic E-state index is 16.6. The lowest BCUT2D eigenvalue weighted by atomic mass is 10.0. The Morgan fingerprint density at radius 2 is 1.70 bits per heavy atom. The van der Waals surface area contributed by atoms with Crippen molar-refractivity contribution in [2.45, 2.75) is 58.4 Å². The summed E-state index contributed by atoms with van der Waals surface area (Å²) >= 11 is 0. The number of rotatable bonds is 6. The van der Waals surface area contributed by atoms with Gasteiger partial charge in [0.1, 0.15) is 11.5 Å². The molecule has 2 saturated heterocycles. The number of ether oxygens (including phenoxy) is 1. The number of halogens is 4. The van der Waals surface area contributed by atoms with Crippen molar-refractivity contribution < 1.29 is 27.1 Å². The number of carbonyl (C=O) groups excluding carboxylic acids is 1.